The van der Waals surface area contributed by atoms with Crippen LogP contribution in [0.3, 0.4) is 0 Å². The summed E-state index contributed by atoms with van der Waals surface area (Å²) in [4.78, 5) is 38.4. The van der Waals surface area contributed by atoms with Gasteiger partial charge in [0, 0.05) is 46.8 Å². The van der Waals surface area contributed by atoms with Gasteiger partial charge in [0.05, 0.1) is 33.2 Å². The van der Waals surface area contributed by atoms with Crippen molar-refractivity contribution in [1.82, 2.24) is 0 Å². The molecule has 7 nitrogen and oxygen atoms in total. The zero-order chi connectivity index (χ0) is 99.5. The summed E-state index contributed by atoms with van der Waals surface area (Å²) < 4.78 is 28.1. The molecule has 17 aromatic carbocycles. The smallest absolute Gasteiger partial charge is 0.399 e. The first-order valence-corrected chi connectivity index (χ1v) is 50.8. The van der Waals surface area contributed by atoms with Gasteiger partial charge >= 0.3 is 14.2 Å². The molecule has 2 heterocycles. The zero-order valence-corrected chi connectivity index (χ0v) is 88.1. The molecule has 0 radical (unpaired) electrons. The first kappa shape index (κ1) is 98.3. The summed E-state index contributed by atoms with van der Waals surface area (Å²) in [5.74, 6) is 0.114. The van der Waals surface area contributed by atoms with Crippen molar-refractivity contribution < 1.29 is 33.0 Å². The second-order valence-electron chi connectivity index (χ2n) is 40.3. The van der Waals surface area contributed by atoms with Crippen molar-refractivity contribution in [3.8, 4) is 66.8 Å². The molecule has 0 saturated carbocycles. The Bertz CT molecular complexity index is 7180. The van der Waals surface area contributed by atoms with E-state index in [1.807, 2.05) is 140 Å². The average Bonchev–Trinajstić information content (AvgIpc) is 1.54. The highest BCUT2D eigenvalue weighted by molar-refractivity contribution is 9.11. The number of rotatable bonds is 16. The van der Waals surface area contributed by atoms with Crippen LogP contribution in [0.1, 0.15) is 203 Å². The van der Waals surface area contributed by atoms with Gasteiger partial charge in [0.15, 0.2) is 17.3 Å². The molecule has 4 aliphatic rings. The number of aryl methyl sites for hydroxylation is 10. The molecule has 2 aliphatic carbocycles. The molecule has 0 N–H and O–H groups in total. The molecule has 0 aromatic heterocycles. The summed E-state index contributed by atoms with van der Waals surface area (Å²) in [6, 6.07) is 129. The summed E-state index contributed by atoms with van der Waals surface area (Å²) in [7, 11) is -0.711. The lowest BCUT2D eigenvalue weighted by Gasteiger charge is -2.34. The van der Waals surface area contributed by atoms with Crippen molar-refractivity contribution in [2.24, 2.45) is 0 Å². The van der Waals surface area contributed by atoms with E-state index in [1.54, 1.807) is 0 Å². The van der Waals surface area contributed by atoms with E-state index in [2.05, 4.69) is 403 Å². The van der Waals surface area contributed by atoms with Crippen molar-refractivity contribution in [2.75, 3.05) is 0 Å². The quantitative estimate of drug-likeness (QED) is 0.0703. The normalized spacial score (nSPS) is 14.8. The summed E-state index contributed by atoms with van der Waals surface area (Å²) in [5.41, 5.74) is 40.5. The molecule has 700 valence electrons. The van der Waals surface area contributed by atoms with E-state index in [4.69, 9.17) is 18.6 Å². The van der Waals surface area contributed by atoms with Gasteiger partial charge in [-0.15, -0.1) is 0 Å². The minimum Gasteiger partial charge on any atom is -0.399 e. The van der Waals surface area contributed by atoms with Crippen molar-refractivity contribution >= 4 is 90.3 Å². The van der Waals surface area contributed by atoms with Crippen LogP contribution in [0.4, 0.5) is 0 Å². The molecule has 0 unspecified atom stereocenters. The largest absolute Gasteiger partial charge is 0.495 e. The molecule has 21 rings (SSSR count). The third-order valence-electron chi connectivity index (χ3n) is 29.7. The molecule has 17 aromatic rings. The van der Waals surface area contributed by atoms with Gasteiger partial charge in [-0.05, 0) is 330 Å². The number of hydrogen-bond donors (Lipinski definition) is 0. The SMILES string of the molecule is Cc1cc(B2OC(C)(C)C(C)(C)O2)c(C)cc1B1OC(C)(C)C(C)(C)O1.Cc1ccc(C2(c3ccc(C)cc3)c3cc(-c4cc(C)c(-c5ccc(C(=O)c6ccccc6)cc5)cc4C)ccc3-c3ccc(-c4cc(C)c(-c5ccc(C(=O)c6ccccc6)cc5)cc4C)cc32)cc1.Cc1ccc(C2(c3ccc(C)cc3)c3cc(Br)ccc3-c3ccc(Br)cc32)cc1.O=C(c1ccccc1)c1ccc(Br)cc1. The van der Waals surface area contributed by atoms with Gasteiger partial charge in [-0.25, -0.2) is 0 Å². The van der Waals surface area contributed by atoms with Gasteiger partial charge in [0.2, 0.25) is 0 Å². The van der Waals surface area contributed by atoms with Crippen LogP contribution in [0, 0.1) is 69.2 Å². The fraction of sp³-hybridized carbons (Fsp3) is 0.186. The van der Waals surface area contributed by atoms with Crippen LogP contribution < -0.4 is 10.9 Å². The zero-order valence-electron chi connectivity index (χ0n) is 83.4. The Hall–Kier alpha value is -12.8. The van der Waals surface area contributed by atoms with Crippen molar-refractivity contribution in [3.05, 3.63) is 517 Å². The van der Waals surface area contributed by atoms with Gasteiger partial charge < -0.3 is 18.6 Å². The van der Waals surface area contributed by atoms with Crippen molar-refractivity contribution in [3.63, 3.8) is 0 Å². The molecule has 0 amide bonds. The number of benzene rings is 17. The highest BCUT2D eigenvalue weighted by atomic mass is 79.9. The molecule has 0 atom stereocenters. The highest BCUT2D eigenvalue weighted by Crippen LogP contribution is 2.60. The Kier molecular flexibility index (Phi) is 27.6. The third-order valence-corrected chi connectivity index (χ3v) is 31.2. The predicted molar refractivity (Wildman–Crippen MR) is 594 cm³/mol. The van der Waals surface area contributed by atoms with Crippen molar-refractivity contribution in [1.29, 1.82) is 0 Å². The molecule has 12 heteroatoms. The van der Waals surface area contributed by atoms with Crippen LogP contribution in [0.5, 0.6) is 0 Å². The lowest BCUT2D eigenvalue weighted by Crippen LogP contribution is -2.41. The number of carbonyl (C=O) groups excluding carboxylic acids is 3. The van der Waals surface area contributed by atoms with E-state index in [0.717, 1.165) is 63.3 Å². The second kappa shape index (κ2) is 39.6. The number of halogens is 3. The first-order valence-electron chi connectivity index (χ1n) is 48.4. The molecular formula is C129H115B2Br3O7. The fourth-order valence-electron chi connectivity index (χ4n) is 20.4. The maximum Gasteiger partial charge on any atom is 0.495 e. The molecule has 2 fully saturated rings. The molecule has 0 bridgehead atoms. The maximum absolute atomic E-state index is 13.2. The minimum atomic E-state index is -0.609. The van der Waals surface area contributed by atoms with Gasteiger partial charge in [-0.1, -0.05) is 391 Å². The van der Waals surface area contributed by atoms with Gasteiger partial charge in [-0.3, -0.25) is 14.4 Å². The minimum absolute atomic E-state index is 0.0280. The Morgan fingerprint density at radius 2 is 0.433 bits per heavy atom. The lowest BCUT2D eigenvalue weighted by molar-refractivity contribution is 0.00578. The maximum atomic E-state index is 13.2. The summed E-state index contributed by atoms with van der Waals surface area (Å²) >= 11 is 10.8. The third kappa shape index (κ3) is 19.1. The molecule has 141 heavy (non-hydrogen) atoms. The number of hydrogen-bond acceptors (Lipinski definition) is 7. The molecule has 0 spiro atoms. The Morgan fingerprint density at radius 3 is 0.702 bits per heavy atom. The van der Waals surface area contributed by atoms with Crippen LogP contribution >= 0.6 is 47.8 Å². The van der Waals surface area contributed by atoms with E-state index in [1.165, 1.54) is 134 Å². The Balaban J connectivity index is 0.000000152. The number of fused-ring (bicyclic) bond motifs is 6. The monoisotopic (exact) mass is 2030 g/mol. The van der Waals surface area contributed by atoms with Crippen LogP contribution in [-0.4, -0.2) is 54.0 Å². The van der Waals surface area contributed by atoms with Crippen LogP contribution in [0.25, 0.3) is 66.8 Å². The Labute approximate surface area is 858 Å². The van der Waals surface area contributed by atoms with E-state index in [-0.39, 0.29) is 59.4 Å². The molecule has 2 aliphatic heterocycles. The second-order valence-corrected chi connectivity index (χ2v) is 43.1. The number of carbonyl (C=O) groups is 3. The molecule has 2 saturated heterocycles. The standard InChI is InChI=1S/C69H54O2.C27H20Br2.C20H32B2O4.C13H9BrO/c1-43-17-31-57(32-18-43)69(58-33-19-44(2)20-34-58)65-41-55(63-39-45(3)61(37-47(63)5)49-21-25-53(26-22-49)67(70)51-13-9-7-10-14-51)29-35-59(65)60-36-30-56(42-66(60)69)64-40-46(4)62(38-48(64)6)50-23-27-54(28-24-50)68(71)52-15-11-8-12-16-52;1-17-3-7-19(8-4-17)27(20-9-5-18(2)6-10-20)25-15-21(28)11-13-23(25)24-14-12-22(29)16-26(24)27;1-13-11-16(22-25-19(7,8)20(9,10)26-22)14(2)12-15(13)21-23-17(3,4)18(5,6)24-21;14-12-8-6-11(7-9-12)13(15)10-4-2-1-3-5-10/h7-42H,1-6H3;3-16H,1-2H3;11-12H,1-10H3;1-9H. The van der Waals surface area contributed by atoms with Crippen LogP contribution in [-0.2, 0) is 29.4 Å². The van der Waals surface area contributed by atoms with Crippen LogP contribution in [0.2, 0.25) is 0 Å². The summed E-state index contributed by atoms with van der Waals surface area (Å²) in [6.45, 7) is 38.2. The van der Waals surface area contributed by atoms with E-state index < -0.39 is 5.41 Å². The van der Waals surface area contributed by atoms with E-state index in [0.29, 0.717) is 27.8 Å². The fourth-order valence-corrected chi connectivity index (χ4v) is 21.4. The van der Waals surface area contributed by atoms with Gasteiger partial charge in [0.25, 0.3) is 0 Å². The lowest BCUT2D eigenvalue weighted by atomic mass is 9.67. The van der Waals surface area contributed by atoms with Crippen molar-refractivity contribution in [2.45, 2.75) is 158 Å². The van der Waals surface area contributed by atoms with E-state index >= 15 is 0 Å². The molecular weight excluding hydrogens is 1920 g/mol. The highest BCUT2D eigenvalue weighted by Gasteiger charge is 2.55. The summed E-state index contributed by atoms with van der Waals surface area (Å²) in [6.07, 6.45) is 0. The average molecular weight is 2040 g/mol. The van der Waals surface area contributed by atoms with Gasteiger partial charge in [0.1, 0.15) is 0 Å². The van der Waals surface area contributed by atoms with E-state index in [9.17, 15) is 14.4 Å². The van der Waals surface area contributed by atoms with Crippen LogP contribution in [0.15, 0.2) is 383 Å². The Morgan fingerprint density at radius 1 is 0.213 bits per heavy atom. The first-order chi connectivity index (χ1) is 67.4. The topological polar surface area (TPSA) is 88.1 Å². The predicted octanol–water partition coefficient (Wildman–Crippen LogP) is 31.8. The summed E-state index contributed by atoms with van der Waals surface area (Å²) in [5, 5.41) is 0. The van der Waals surface area contributed by atoms with Gasteiger partial charge in [-0.2, -0.15) is 0 Å². The number of ketones is 3.